The van der Waals surface area contributed by atoms with Gasteiger partial charge < -0.3 is 14.6 Å². The lowest BCUT2D eigenvalue weighted by Gasteiger charge is -1.99. The smallest absolute Gasteiger partial charge is 0.348 e. The number of aliphatic hydroxyl groups excluding tert-OH is 1. The Hall–Kier alpha value is -1.38. The number of unbranched alkanes of at least 4 members (excludes halogenated alkanes) is 1. The largest absolute Gasteiger partial charge is 0.462 e. The van der Waals surface area contributed by atoms with Gasteiger partial charge in [0, 0.05) is 6.61 Å². The van der Waals surface area contributed by atoms with Gasteiger partial charge >= 0.3 is 5.97 Å². The summed E-state index contributed by atoms with van der Waals surface area (Å²) in [4.78, 5) is 10.7. The summed E-state index contributed by atoms with van der Waals surface area (Å²) >= 11 is 0. The van der Waals surface area contributed by atoms with Gasteiger partial charge in [0.2, 0.25) is 0 Å². The van der Waals surface area contributed by atoms with Crippen LogP contribution in [0.5, 0.6) is 0 Å². The topological polar surface area (TPSA) is 79.6 Å². The summed E-state index contributed by atoms with van der Waals surface area (Å²) in [7, 11) is 0. The average molecular weight is 243 g/mol. The molecule has 0 aliphatic heterocycles. The molecular formula is C12H21NO4. The van der Waals surface area contributed by atoms with Crippen LogP contribution in [0.4, 0.5) is 0 Å². The highest BCUT2D eigenvalue weighted by atomic mass is 16.5. The molecule has 0 rings (SSSR count). The van der Waals surface area contributed by atoms with E-state index in [-0.39, 0.29) is 12.2 Å². The Morgan fingerprint density at radius 3 is 2.41 bits per heavy atom. The third-order valence-corrected chi connectivity index (χ3v) is 1.55. The molecule has 0 heterocycles. The third-order valence-electron chi connectivity index (χ3n) is 1.55. The van der Waals surface area contributed by atoms with Crippen LogP contribution in [-0.4, -0.2) is 37.5 Å². The number of hydrogen-bond acceptors (Lipinski definition) is 5. The van der Waals surface area contributed by atoms with E-state index in [1.54, 1.807) is 6.07 Å². The van der Waals surface area contributed by atoms with Crippen molar-refractivity contribution in [2.45, 2.75) is 26.7 Å². The summed E-state index contributed by atoms with van der Waals surface area (Å²) in [6.45, 7) is 8.78. The molecule has 0 amide bonds. The van der Waals surface area contributed by atoms with E-state index in [1.165, 1.54) is 0 Å². The SMILES string of the molecule is C=C(C#N)C(=O)OCCCC.CCOCCO. The molecule has 0 unspecified atom stereocenters. The van der Waals surface area contributed by atoms with Crippen LogP contribution in [0.15, 0.2) is 12.2 Å². The summed E-state index contributed by atoms with van der Waals surface area (Å²) in [5, 5.41) is 16.3. The van der Waals surface area contributed by atoms with E-state index in [9.17, 15) is 4.79 Å². The van der Waals surface area contributed by atoms with Crippen molar-refractivity contribution in [2.75, 3.05) is 26.4 Å². The molecule has 0 fully saturated rings. The highest BCUT2D eigenvalue weighted by Crippen LogP contribution is 1.94. The first-order valence-corrected chi connectivity index (χ1v) is 5.58. The van der Waals surface area contributed by atoms with Crippen LogP contribution in [0.1, 0.15) is 26.7 Å². The molecule has 0 aliphatic carbocycles. The molecule has 0 bridgehead atoms. The Balaban J connectivity index is 0. The molecular weight excluding hydrogens is 222 g/mol. The van der Waals surface area contributed by atoms with Crippen molar-refractivity contribution >= 4 is 5.97 Å². The predicted octanol–water partition coefficient (Wildman–Crippen LogP) is 1.42. The number of ether oxygens (including phenoxy) is 2. The fourth-order valence-corrected chi connectivity index (χ4v) is 0.651. The van der Waals surface area contributed by atoms with E-state index < -0.39 is 5.97 Å². The second kappa shape index (κ2) is 14.6. The Kier molecular flexibility index (Phi) is 15.5. The summed E-state index contributed by atoms with van der Waals surface area (Å²) in [6.07, 6.45) is 1.79. The lowest BCUT2D eigenvalue weighted by molar-refractivity contribution is -0.138. The monoisotopic (exact) mass is 243 g/mol. The van der Waals surface area contributed by atoms with Gasteiger partial charge in [0.15, 0.2) is 0 Å². The normalized spacial score (nSPS) is 8.59. The Bertz CT molecular complexity index is 241. The van der Waals surface area contributed by atoms with E-state index in [0.29, 0.717) is 19.8 Å². The zero-order valence-corrected chi connectivity index (χ0v) is 10.6. The standard InChI is InChI=1S/C8H11NO2.C4H10O2/c1-3-4-5-11-8(10)7(2)6-9;1-2-6-4-3-5/h2-5H2,1H3;5H,2-4H2,1H3. The maximum absolute atomic E-state index is 10.7. The Morgan fingerprint density at radius 2 is 2.06 bits per heavy atom. The van der Waals surface area contributed by atoms with Crippen molar-refractivity contribution in [2.24, 2.45) is 0 Å². The van der Waals surface area contributed by atoms with Gasteiger partial charge in [-0.05, 0) is 13.3 Å². The van der Waals surface area contributed by atoms with E-state index >= 15 is 0 Å². The number of esters is 1. The number of hydrogen-bond donors (Lipinski definition) is 1. The van der Waals surface area contributed by atoms with E-state index in [2.05, 4.69) is 11.3 Å². The number of carbonyl (C=O) groups excluding carboxylic acids is 1. The molecule has 0 aliphatic rings. The summed E-state index contributed by atoms with van der Waals surface area (Å²) in [6, 6.07) is 1.62. The fourth-order valence-electron chi connectivity index (χ4n) is 0.651. The van der Waals surface area contributed by atoms with E-state index in [0.717, 1.165) is 12.8 Å². The molecule has 17 heavy (non-hydrogen) atoms. The molecule has 98 valence electrons. The molecule has 0 aromatic carbocycles. The number of carbonyl (C=O) groups is 1. The molecule has 0 saturated carbocycles. The maximum Gasteiger partial charge on any atom is 0.348 e. The van der Waals surface area contributed by atoms with Crippen LogP contribution in [-0.2, 0) is 14.3 Å². The molecule has 0 saturated heterocycles. The second-order valence-corrected chi connectivity index (χ2v) is 3.00. The van der Waals surface area contributed by atoms with Gasteiger partial charge in [0.05, 0.1) is 19.8 Å². The van der Waals surface area contributed by atoms with E-state index in [4.69, 9.17) is 15.1 Å². The second-order valence-electron chi connectivity index (χ2n) is 3.00. The molecule has 0 aromatic rings. The quantitative estimate of drug-likeness (QED) is 0.316. The van der Waals surface area contributed by atoms with Crippen LogP contribution in [0, 0.1) is 11.3 Å². The van der Waals surface area contributed by atoms with Crippen molar-refractivity contribution in [3.8, 4) is 6.07 Å². The first kappa shape index (κ1) is 18.0. The lowest BCUT2D eigenvalue weighted by Crippen LogP contribution is -2.06. The first-order valence-electron chi connectivity index (χ1n) is 5.58. The molecule has 0 radical (unpaired) electrons. The van der Waals surface area contributed by atoms with Crippen molar-refractivity contribution in [3.05, 3.63) is 12.2 Å². The minimum Gasteiger partial charge on any atom is -0.462 e. The molecule has 0 spiro atoms. The maximum atomic E-state index is 10.7. The van der Waals surface area contributed by atoms with Crippen molar-refractivity contribution < 1.29 is 19.4 Å². The van der Waals surface area contributed by atoms with Crippen LogP contribution >= 0.6 is 0 Å². The lowest BCUT2D eigenvalue weighted by atomic mass is 10.3. The van der Waals surface area contributed by atoms with Gasteiger partial charge in [-0.25, -0.2) is 4.79 Å². The number of nitrogens with zero attached hydrogens (tertiary/aromatic N) is 1. The van der Waals surface area contributed by atoms with Gasteiger partial charge in [-0.15, -0.1) is 0 Å². The highest BCUT2D eigenvalue weighted by Gasteiger charge is 2.05. The zero-order chi connectivity index (χ0) is 13.5. The molecule has 5 heteroatoms. The van der Waals surface area contributed by atoms with Crippen molar-refractivity contribution in [1.29, 1.82) is 5.26 Å². The third kappa shape index (κ3) is 14.6. The van der Waals surface area contributed by atoms with Gasteiger partial charge in [0.25, 0.3) is 0 Å². The van der Waals surface area contributed by atoms with Crippen molar-refractivity contribution in [3.63, 3.8) is 0 Å². The zero-order valence-electron chi connectivity index (χ0n) is 10.6. The predicted molar refractivity (Wildman–Crippen MR) is 64.2 cm³/mol. The average Bonchev–Trinajstić information content (AvgIpc) is 2.36. The van der Waals surface area contributed by atoms with Gasteiger partial charge in [-0.1, -0.05) is 19.9 Å². The molecule has 1 N–H and O–H groups in total. The van der Waals surface area contributed by atoms with Gasteiger partial charge in [-0.2, -0.15) is 5.26 Å². The van der Waals surface area contributed by atoms with Gasteiger partial charge in [0.1, 0.15) is 11.6 Å². The highest BCUT2D eigenvalue weighted by molar-refractivity contribution is 5.91. The van der Waals surface area contributed by atoms with Crippen molar-refractivity contribution in [1.82, 2.24) is 0 Å². The summed E-state index contributed by atoms with van der Waals surface area (Å²) < 4.78 is 9.41. The molecule has 0 atom stereocenters. The number of nitriles is 1. The van der Waals surface area contributed by atoms with Crippen LogP contribution in [0.2, 0.25) is 0 Å². The minimum atomic E-state index is -0.610. The minimum absolute atomic E-state index is 0.133. The number of aliphatic hydroxyl groups is 1. The number of rotatable bonds is 7. The van der Waals surface area contributed by atoms with Crippen LogP contribution in [0.25, 0.3) is 0 Å². The summed E-state index contributed by atoms with van der Waals surface area (Å²) in [5.74, 6) is -0.610. The molecule has 5 nitrogen and oxygen atoms in total. The van der Waals surface area contributed by atoms with E-state index in [1.807, 2.05) is 13.8 Å². The Morgan fingerprint density at radius 1 is 1.41 bits per heavy atom. The van der Waals surface area contributed by atoms with Crippen LogP contribution in [0.3, 0.4) is 0 Å². The Labute approximate surface area is 103 Å². The molecule has 0 aromatic heterocycles. The van der Waals surface area contributed by atoms with Crippen LogP contribution < -0.4 is 0 Å². The summed E-state index contributed by atoms with van der Waals surface area (Å²) in [5.41, 5.74) is -0.138. The fraction of sp³-hybridized carbons (Fsp3) is 0.667. The van der Waals surface area contributed by atoms with Gasteiger partial charge in [-0.3, -0.25) is 0 Å². The first-order chi connectivity index (χ1) is 8.13.